The third-order valence-corrected chi connectivity index (χ3v) is 10.9. The highest BCUT2D eigenvalue weighted by atomic mass is 28.4. The van der Waals surface area contributed by atoms with Gasteiger partial charge in [-0.25, -0.2) is 0 Å². The predicted octanol–water partition coefficient (Wildman–Crippen LogP) is 3.29. The van der Waals surface area contributed by atoms with Crippen molar-refractivity contribution in [3.8, 4) is 0 Å². The quantitative estimate of drug-likeness (QED) is 0.739. The van der Waals surface area contributed by atoms with Crippen LogP contribution in [0.5, 0.6) is 0 Å². The molecule has 1 heterocycles. The van der Waals surface area contributed by atoms with Crippen molar-refractivity contribution in [1.29, 1.82) is 0 Å². The minimum absolute atomic E-state index is 0.0683. The summed E-state index contributed by atoms with van der Waals surface area (Å²) < 4.78 is 19.0. The van der Waals surface area contributed by atoms with Gasteiger partial charge in [-0.15, -0.1) is 0 Å². The molecule has 0 unspecified atom stereocenters. The van der Waals surface area contributed by atoms with Crippen LogP contribution in [0, 0.1) is 5.41 Å². The molecule has 0 bridgehead atoms. The van der Waals surface area contributed by atoms with Gasteiger partial charge in [0.25, 0.3) is 8.32 Å². The summed E-state index contributed by atoms with van der Waals surface area (Å²) in [5.74, 6) is -0.573. The van der Waals surface area contributed by atoms with Gasteiger partial charge in [0.05, 0.1) is 18.6 Å². The summed E-state index contributed by atoms with van der Waals surface area (Å²) in [7, 11) is -2.60. The van der Waals surface area contributed by atoms with E-state index in [1.54, 1.807) is 0 Å². The van der Waals surface area contributed by atoms with Crippen LogP contribution in [0.15, 0.2) is 60.7 Å². The minimum atomic E-state index is -2.60. The predicted molar refractivity (Wildman–Crippen MR) is 121 cm³/mol. The second-order valence-electron chi connectivity index (χ2n) is 9.63. The van der Waals surface area contributed by atoms with E-state index in [2.05, 4.69) is 81.4 Å². The van der Waals surface area contributed by atoms with Gasteiger partial charge in [0.2, 0.25) is 0 Å². The molecule has 2 aromatic carbocycles. The average Bonchev–Trinajstić information content (AvgIpc) is 2.70. The van der Waals surface area contributed by atoms with Crippen molar-refractivity contribution in [2.45, 2.75) is 45.4 Å². The molecule has 0 saturated carbocycles. The lowest BCUT2D eigenvalue weighted by molar-refractivity contribution is -0.287. The second-order valence-corrected chi connectivity index (χ2v) is 13.9. The van der Waals surface area contributed by atoms with E-state index in [1.165, 1.54) is 10.4 Å². The zero-order valence-corrected chi connectivity index (χ0v) is 19.4. The first-order valence-electron chi connectivity index (χ1n) is 10.4. The number of rotatable bonds is 6. The Hall–Kier alpha value is -1.50. The molecule has 0 spiro atoms. The molecule has 2 N–H and O–H groups in total. The first-order chi connectivity index (χ1) is 13.6. The van der Waals surface area contributed by atoms with Gasteiger partial charge in [-0.2, -0.15) is 0 Å². The Bertz CT molecular complexity index is 737. The third kappa shape index (κ3) is 4.49. The maximum absolute atomic E-state index is 7.07. The van der Waals surface area contributed by atoms with Crippen molar-refractivity contribution < 1.29 is 13.9 Å². The Labute approximate surface area is 176 Å². The standard InChI is InChI=1S/C24H35NO3Si/c1-22(2,3)29(20-12-8-6-9-13-20,21-14-10-7-11-15-21)28-19-24(16-25)17-26-23(4,5)27-18-24/h6-15H,16-19,25H2,1-5H3. The molecule has 0 aromatic heterocycles. The Morgan fingerprint density at radius 1 is 0.897 bits per heavy atom. The maximum Gasteiger partial charge on any atom is 0.261 e. The van der Waals surface area contributed by atoms with Crippen LogP contribution >= 0.6 is 0 Å². The van der Waals surface area contributed by atoms with Gasteiger partial charge in [0.15, 0.2) is 5.79 Å². The molecule has 0 atom stereocenters. The molecule has 1 saturated heterocycles. The molecule has 5 heteroatoms. The third-order valence-electron chi connectivity index (χ3n) is 5.90. The van der Waals surface area contributed by atoms with E-state index in [0.29, 0.717) is 26.4 Å². The van der Waals surface area contributed by atoms with Gasteiger partial charge < -0.3 is 19.6 Å². The molecule has 0 radical (unpaired) electrons. The number of ether oxygens (including phenoxy) is 2. The summed E-state index contributed by atoms with van der Waals surface area (Å²) in [6.07, 6.45) is 0. The molecule has 1 fully saturated rings. The van der Waals surface area contributed by atoms with Crippen LogP contribution in [-0.2, 0) is 13.9 Å². The lowest BCUT2D eigenvalue weighted by Gasteiger charge is -2.47. The van der Waals surface area contributed by atoms with Gasteiger partial charge in [-0.1, -0.05) is 81.4 Å². The highest BCUT2D eigenvalue weighted by molar-refractivity contribution is 6.99. The molecule has 1 aliphatic rings. The number of benzene rings is 2. The largest absolute Gasteiger partial charge is 0.407 e. The lowest BCUT2D eigenvalue weighted by atomic mass is 9.90. The van der Waals surface area contributed by atoms with Gasteiger partial charge >= 0.3 is 0 Å². The van der Waals surface area contributed by atoms with E-state index in [0.717, 1.165) is 0 Å². The minimum Gasteiger partial charge on any atom is -0.407 e. The smallest absolute Gasteiger partial charge is 0.261 e. The molecule has 0 aliphatic carbocycles. The second kappa shape index (κ2) is 8.32. The Morgan fingerprint density at radius 3 is 1.72 bits per heavy atom. The first kappa shape index (κ1) is 22.2. The van der Waals surface area contributed by atoms with E-state index < -0.39 is 14.1 Å². The normalized spacial score (nSPS) is 19.1. The number of hydrogen-bond acceptors (Lipinski definition) is 4. The van der Waals surface area contributed by atoms with Crippen LogP contribution in [0.2, 0.25) is 5.04 Å². The Morgan fingerprint density at radius 2 is 1.34 bits per heavy atom. The summed E-state index contributed by atoms with van der Waals surface area (Å²) in [6.45, 7) is 12.8. The lowest BCUT2D eigenvalue weighted by Crippen LogP contribution is -2.68. The van der Waals surface area contributed by atoms with E-state index >= 15 is 0 Å². The topological polar surface area (TPSA) is 53.7 Å². The number of hydrogen-bond donors (Lipinski definition) is 1. The highest BCUT2D eigenvalue weighted by Gasteiger charge is 2.52. The fourth-order valence-corrected chi connectivity index (χ4v) is 8.70. The van der Waals surface area contributed by atoms with Gasteiger partial charge in [-0.3, -0.25) is 0 Å². The highest BCUT2D eigenvalue weighted by Crippen LogP contribution is 2.39. The van der Waals surface area contributed by atoms with E-state index in [4.69, 9.17) is 19.6 Å². The molecule has 2 aromatic rings. The van der Waals surface area contributed by atoms with Crippen LogP contribution in [0.3, 0.4) is 0 Å². The van der Waals surface area contributed by atoms with Crippen LogP contribution in [0.1, 0.15) is 34.6 Å². The molecular weight excluding hydrogens is 378 g/mol. The molecule has 3 rings (SSSR count). The van der Waals surface area contributed by atoms with Crippen molar-refractivity contribution in [3.05, 3.63) is 60.7 Å². The summed E-state index contributed by atoms with van der Waals surface area (Å²) in [5.41, 5.74) is 5.87. The average molecular weight is 414 g/mol. The number of nitrogens with two attached hydrogens (primary N) is 1. The van der Waals surface area contributed by atoms with E-state index in [1.807, 2.05) is 13.8 Å². The van der Waals surface area contributed by atoms with Gasteiger partial charge in [0.1, 0.15) is 0 Å². The molecule has 4 nitrogen and oxygen atoms in total. The van der Waals surface area contributed by atoms with Crippen molar-refractivity contribution in [3.63, 3.8) is 0 Å². The van der Waals surface area contributed by atoms with Gasteiger partial charge in [0, 0.05) is 13.2 Å². The molecule has 158 valence electrons. The van der Waals surface area contributed by atoms with Crippen molar-refractivity contribution >= 4 is 18.7 Å². The fourth-order valence-electron chi connectivity index (χ4n) is 4.02. The van der Waals surface area contributed by atoms with Crippen molar-refractivity contribution in [2.24, 2.45) is 11.1 Å². The summed E-state index contributed by atoms with van der Waals surface area (Å²) in [5, 5.41) is 2.47. The van der Waals surface area contributed by atoms with Crippen LogP contribution in [-0.4, -0.2) is 40.5 Å². The fraction of sp³-hybridized carbons (Fsp3) is 0.500. The monoisotopic (exact) mass is 413 g/mol. The first-order valence-corrected chi connectivity index (χ1v) is 12.3. The Kier molecular flexibility index (Phi) is 6.37. The van der Waals surface area contributed by atoms with E-state index in [-0.39, 0.29) is 10.5 Å². The van der Waals surface area contributed by atoms with Gasteiger partial charge in [-0.05, 0) is 29.3 Å². The summed E-state index contributed by atoms with van der Waals surface area (Å²) in [4.78, 5) is 0. The molecular formula is C24H35NO3Si. The zero-order chi connectivity index (χ0) is 21.2. The van der Waals surface area contributed by atoms with Crippen LogP contribution in [0.4, 0.5) is 0 Å². The van der Waals surface area contributed by atoms with E-state index in [9.17, 15) is 0 Å². The van der Waals surface area contributed by atoms with Crippen molar-refractivity contribution in [1.82, 2.24) is 0 Å². The Balaban J connectivity index is 2.02. The maximum atomic E-state index is 7.07. The van der Waals surface area contributed by atoms with Crippen molar-refractivity contribution in [2.75, 3.05) is 26.4 Å². The SMILES string of the molecule is CC1(C)OCC(CN)(CO[Si](c2ccccc2)(c2ccccc2)C(C)(C)C)CO1. The molecule has 1 aliphatic heterocycles. The molecule has 29 heavy (non-hydrogen) atoms. The van der Waals surface area contributed by atoms with Crippen LogP contribution < -0.4 is 16.1 Å². The zero-order valence-electron chi connectivity index (χ0n) is 18.4. The summed E-state index contributed by atoms with van der Waals surface area (Å²) >= 11 is 0. The summed E-state index contributed by atoms with van der Waals surface area (Å²) in [6, 6.07) is 21.3. The molecule has 0 amide bonds. The van der Waals surface area contributed by atoms with Crippen LogP contribution in [0.25, 0.3) is 0 Å².